The molecule has 0 aliphatic heterocycles. The van der Waals surface area contributed by atoms with Crippen LogP contribution in [0.4, 0.5) is 0 Å². The van der Waals surface area contributed by atoms with Gasteiger partial charge in [-0.2, -0.15) is 0 Å². The molecule has 0 aromatic heterocycles. The minimum Gasteiger partial charge on any atom is -0.326 e. The molecule has 2 unspecified atom stereocenters. The van der Waals surface area contributed by atoms with E-state index in [1.165, 1.54) is 5.56 Å². The van der Waals surface area contributed by atoms with Crippen molar-refractivity contribution in [1.82, 2.24) is 4.72 Å². The predicted molar refractivity (Wildman–Crippen MR) is 88.3 cm³/mol. The first-order chi connectivity index (χ1) is 9.44. The van der Waals surface area contributed by atoms with Gasteiger partial charge in [-0.15, -0.1) is 12.4 Å². The molecule has 2 atom stereocenters. The van der Waals surface area contributed by atoms with Crippen molar-refractivity contribution in [2.45, 2.75) is 50.0 Å². The molecule has 1 aliphatic carbocycles. The van der Waals surface area contributed by atoms with Gasteiger partial charge in [0.15, 0.2) is 0 Å². The van der Waals surface area contributed by atoms with Crippen LogP contribution in [0.1, 0.15) is 44.6 Å². The Morgan fingerprint density at radius 2 is 1.86 bits per heavy atom. The second-order valence-corrected chi connectivity index (χ2v) is 7.50. The fraction of sp³-hybridized carbons (Fsp3) is 0.600. The Morgan fingerprint density at radius 3 is 2.33 bits per heavy atom. The van der Waals surface area contributed by atoms with Gasteiger partial charge >= 0.3 is 0 Å². The third-order valence-electron chi connectivity index (χ3n) is 4.11. The topological polar surface area (TPSA) is 72.2 Å². The molecule has 4 nitrogen and oxygen atoms in total. The molecule has 1 aliphatic rings. The molecule has 0 saturated heterocycles. The van der Waals surface area contributed by atoms with Crippen LogP contribution in [0.3, 0.4) is 0 Å². The Kier molecular flexibility index (Phi) is 6.66. The second-order valence-electron chi connectivity index (χ2n) is 5.73. The normalized spacial score (nSPS) is 17.9. The fourth-order valence-corrected chi connectivity index (χ4v) is 3.26. The van der Waals surface area contributed by atoms with E-state index in [1.54, 1.807) is 12.1 Å². The van der Waals surface area contributed by atoms with Gasteiger partial charge in [-0.1, -0.05) is 26.0 Å². The standard InChI is InChI=1S/C15H24N2O2S.ClH/c1-3-11(2)12-6-8-14(9-7-12)20(18,19)17-10-15(16)13-4-5-13;/h6-9,11,13,15,17H,3-5,10,16H2,1-2H3;1H. The molecule has 0 radical (unpaired) electrons. The zero-order valence-electron chi connectivity index (χ0n) is 12.6. The van der Waals surface area contributed by atoms with Crippen LogP contribution < -0.4 is 10.5 Å². The molecule has 0 bridgehead atoms. The van der Waals surface area contributed by atoms with Gasteiger partial charge in [0.1, 0.15) is 0 Å². The van der Waals surface area contributed by atoms with E-state index in [0.29, 0.717) is 23.3 Å². The summed E-state index contributed by atoms with van der Waals surface area (Å²) in [4.78, 5) is 0.313. The van der Waals surface area contributed by atoms with Gasteiger partial charge in [0, 0.05) is 12.6 Å². The molecule has 2 rings (SSSR count). The molecule has 1 saturated carbocycles. The van der Waals surface area contributed by atoms with Crippen molar-refractivity contribution >= 4 is 22.4 Å². The van der Waals surface area contributed by atoms with Gasteiger partial charge in [0.25, 0.3) is 0 Å². The molecule has 1 aromatic carbocycles. The highest BCUT2D eigenvalue weighted by atomic mass is 35.5. The van der Waals surface area contributed by atoms with E-state index in [1.807, 2.05) is 12.1 Å². The summed E-state index contributed by atoms with van der Waals surface area (Å²) in [7, 11) is -3.44. The first-order valence-electron chi connectivity index (χ1n) is 7.29. The van der Waals surface area contributed by atoms with Crippen molar-refractivity contribution in [3.05, 3.63) is 29.8 Å². The SMILES string of the molecule is CCC(C)c1ccc(S(=O)(=O)NCC(N)C2CC2)cc1.Cl. The van der Waals surface area contributed by atoms with Crippen molar-refractivity contribution in [3.8, 4) is 0 Å². The molecular weight excluding hydrogens is 308 g/mol. The van der Waals surface area contributed by atoms with Crippen LogP contribution in [0.5, 0.6) is 0 Å². The number of benzene rings is 1. The van der Waals surface area contributed by atoms with Gasteiger partial charge in [0.2, 0.25) is 10.0 Å². The maximum atomic E-state index is 12.2. The second kappa shape index (κ2) is 7.58. The van der Waals surface area contributed by atoms with Gasteiger partial charge in [-0.05, 0) is 48.8 Å². The zero-order valence-corrected chi connectivity index (χ0v) is 14.2. The van der Waals surface area contributed by atoms with Gasteiger partial charge in [-0.25, -0.2) is 13.1 Å². The average Bonchev–Trinajstić information content (AvgIpc) is 3.28. The van der Waals surface area contributed by atoms with Gasteiger partial charge in [-0.3, -0.25) is 0 Å². The highest BCUT2D eigenvalue weighted by Gasteiger charge is 2.29. The Morgan fingerprint density at radius 1 is 1.29 bits per heavy atom. The van der Waals surface area contributed by atoms with E-state index in [4.69, 9.17) is 5.73 Å². The highest BCUT2D eigenvalue weighted by Crippen LogP contribution is 2.31. The molecule has 0 amide bonds. The Balaban J connectivity index is 0.00000220. The Hall–Kier alpha value is -0.620. The molecule has 3 N–H and O–H groups in total. The smallest absolute Gasteiger partial charge is 0.240 e. The van der Waals surface area contributed by atoms with Gasteiger partial charge < -0.3 is 5.73 Å². The molecule has 1 fully saturated rings. The number of hydrogen-bond acceptors (Lipinski definition) is 3. The number of rotatable bonds is 7. The summed E-state index contributed by atoms with van der Waals surface area (Å²) in [5.74, 6) is 0.938. The Labute approximate surface area is 134 Å². The first kappa shape index (κ1) is 18.4. The van der Waals surface area contributed by atoms with E-state index in [0.717, 1.165) is 19.3 Å². The summed E-state index contributed by atoms with van der Waals surface area (Å²) < 4.78 is 26.9. The van der Waals surface area contributed by atoms with Crippen LogP contribution in [0.15, 0.2) is 29.2 Å². The third kappa shape index (κ3) is 4.95. The van der Waals surface area contributed by atoms with E-state index in [-0.39, 0.29) is 18.4 Å². The summed E-state index contributed by atoms with van der Waals surface area (Å²) in [5.41, 5.74) is 7.09. The number of nitrogens with two attached hydrogens (primary N) is 1. The largest absolute Gasteiger partial charge is 0.326 e. The Bertz CT molecular complexity index is 541. The van der Waals surface area contributed by atoms with Crippen LogP contribution in [0.25, 0.3) is 0 Å². The maximum Gasteiger partial charge on any atom is 0.240 e. The van der Waals surface area contributed by atoms with Crippen molar-refractivity contribution < 1.29 is 8.42 Å². The van der Waals surface area contributed by atoms with Crippen molar-refractivity contribution in [3.63, 3.8) is 0 Å². The molecule has 0 spiro atoms. The van der Waals surface area contributed by atoms with Crippen LogP contribution in [0.2, 0.25) is 0 Å². The molecule has 6 heteroatoms. The van der Waals surface area contributed by atoms with Crippen molar-refractivity contribution in [1.29, 1.82) is 0 Å². The average molecular weight is 333 g/mol. The lowest BCUT2D eigenvalue weighted by Gasteiger charge is -2.13. The van der Waals surface area contributed by atoms with Crippen LogP contribution in [-0.4, -0.2) is 21.0 Å². The van der Waals surface area contributed by atoms with Crippen molar-refractivity contribution in [2.24, 2.45) is 11.7 Å². The van der Waals surface area contributed by atoms with Gasteiger partial charge in [0.05, 0.1) is 4.90 Å². The molecule has 21 heavy (non-hydrogen) atoms. The van der Waals surface area contributed by atoms with Crippen molar-refractivity contribution in [2.75, 3.05) is 6.54 Å². The molecule has 0 heterocycles. The zero-order chi connectivity index (χ0) is 14.8. The van der Waals surface area contributed by atoms with Crippen LogP contribution in [0, 0.1) is 5.92 Å². The fourth-order valence-electron chi connectivity index (χ4n) is 2.19. The van der Waals surface area contributed by atoms with Crippen LogP contribution >= 0.6 is 12.4 Å². The number of hydrogen-bond donors (Lipinski definition) is 2. The summed E-state index contributed by atoms with van der Waals surface area (Å²) in [6.07, 6.45) is 3.28. The quantitative estimate of drug-likeness (QED) is 0.806. The molecule has 1 aromatic rings. The number of sulfonamides is 1. The summed E-state index contributed by atoms with van der Waals surface area (Å²) in [6, 6.07) is 7.07. The monoisotopic (exact) mass is 332 g/mol. The summed E-state index contributed by atoms with van der Waals surface area (Å²) in [5, 5.41) is 0. The first-order valence-corrected chi connectivity index (χ1v) is 8.77. The molecule has 120 valence electrons. The minimum absolute atomic E-state index is 0. The van der Waals surface area contributed by atoms with Crippen LogP contribution in [-0.2, 0) is 10.0 Å². The lowest BCUT2D eigenvalue weighted by Crippen LogP contribution is -2.38. The lowest BCUT2D eigenvalue weighted by atomic mass is 9.99. The van der Waals surface area contributed by atoms with E-state index >= 15 is 0 Å². The summed E-state index contributed by atoms with van der Waals surface area (Å²) in [6.45, 7) is 4.58. The minimum atomic E-state index is -3.44. The highest BCUT2D eigenvalue weighted by molar-refractivity contribution is 7.89. The van der Waals surface area contributed by atoms with E-state index in [2.05, 4.69) is 18.6 Å². The predicted octanol–water partition coefficient (Wildman–Crippen LogP) is 2.64. The maximum absolute atomic E-state index is 12.2. The van der Waals surface area contributed by atoms with E-state index in [9.17, 15) is 8.42 Å². The third-order valence-corrected chi connectivity index (χ3v) is 5.55. The number of halogens is 1. The molecular formula is C15H25ClN2O2S. The lowest BCUT2D eigenvalue weighted by molar-refractivity contribution is 0.547. The van der Waals surface area contributed by atoms with E-state index < -0.39 is 10.0 Å². The number of nitrogens with one attached hydrogen (secondary N) is 1. The summed E-state index contributed by atoms with van der Waals surface area (Å²) >= 11 is 0.